The van der Waals surface area contributed by atoms with Crippen LogP contribution in [0.15, 0.2) is 39.7 Å². The summed E-state index contributed by atoms with van der Waals surface area (Å²) in [6.07, 6.45) is 3.80. The van der Waals surface area contributed by atoms with Gasteiger partial charge >= 0.3 is 0 Å². The third-order valence-electron chi connectivity index (χ3n) is 3.69. The van der Waals surface area contributed by atoms with Crippen LogP contribution in [0.3, 0.4) is 0 Å². The van der Waals surface area contributed by atoms with E-state index in [1.807, 2.05) is 41.5 Å². The van der Waals surface area contributed by atoms with Gasteiger partial charge in [0, 0.05) is 36.4 Å². The van der Waals surface area contributed by atoms with Gasteiger partial charge in [0.1, 0.15) is 5.76 Å². The van der Waals surface area contributed by atoms with Gasteiger partial charge in [-0.2, -0.15) is 16.4 Å². The van der Waals surface area contributed by atoms with Gasteiger partial charge < -0.3 is 4.42 Å². The zero-order valence-corrected chi connectivity index (χ0v) is 13.7. The Hall–Kier alpha value is -1.92. The fourth-order valence-corrected chi connectivity index (χ4v) is 2.95. The van der Waals surface area contributed by atoms with Crippen LogP contribution in [0.2, 0.25) is 0 Å². The van der Waals surface area contributed by atoms with Gasteiger partial charge in [0.2, 0.25) is 5.89 Å². The molecule has 0 saturated carbocycles. The van der Waals surface area contributed by atoms with E-state index in [1.54, 1.807) is 11.3 Å². The molecule has 116 valence electrons. The maximum absolute atomic E-state index is 5.81. The first-order chi connectivity index (χ1) is 10.8. The monoisotopic (exact) mass is 316 g/mol. The molecule has 5 nitrogen and oxygen atoms in total. The Kier molecular flexibility index (Phi) is 4.70. The number of aryl methyl sites for hydroxylation is 1. The van der Waals surface area contributed by atoms with Crippen LogP contribution in [0.4, 0.5) is 0 Å². The molecule has 6 heteroatoms. The van der Waals surface area contributed by atoms with Gasteiger partial charge in [0.25, 0.3) is 0 Å². The molecule has 0 unspecified atom stereocenters. The number of nitrogens with zero attached hydrogens (tertiary/aromatic N) is 4. The molecule has 3 aromatic rings. The Balaban J connectivity index is 1.65. The number of aromatic nitrogens is 3. The molecule has 0 aliphatic rings. The number of oxazole rings is 1. The average molecular weight is 316 g/mol. The summed E-state index contributed by atoms with van der Waals surface area (Å²) in [5, 5.41) is 8.34. The molecule has 3 aromatic heterocycles. The third kappa shape index (κ3) is 3.45. The number of hydrogen-bond donors (Lipinski definition) is 0. The molecule has 0 N–H and O–H groups in total. The summed E-state index contributed by atoms with van der Waals surface area (Å²) in [6.45, 7) is 7.75. The van der Waals surface area contributed by atoms with Crippen molar-refractivity contribution in [1.82, 2.24) is 19.7 Å². The lowest BCUT2D eigenvalue weighted by Gasteiger charge is -2.19. The second kappa shape index (κ2) is 6.89. The first kappa shape index (κ1) is 15.0. The number of rotatable bonds is 7. The van der Waals surface area contributed by atoms with Crippen molar-refractivity contribution in [3.63, 3.8) is 0 Å². The van der Waals surface area contributed by atoms with Gasteiger partial charge in [0.15, 0.2) is 0 Å². The van der Waals surface area contributed by atoms with E-state index in [9.17, 15) is 0 Å². The molecule has 0 atom stereocenters. The minimum Gasteiger partial charge on any atom is -0.441 e. The molecule has 0 aliphatic carbocycles. The Bertz CT molecular complexity index is 688. The molecule has 0 fully saturated rings. The van der Waals surface area contributed by atoms with Crippen molar-refractivity contribution in [2.24, 2.45) is 0 Å². The lowest BCUT2D eigenvalue weighted by Crippen LogP contribution is -2.27. The molecule has 3 rings (SSSR count). The molecular formula is C16H20N4OS. The van der Waals surface area contributed by atoms with Crippen LogP contribution in [0.5, 0.6) is 0 Å². The number of thiophene rings is 1. The molecule has 0 aromatic carbocycles. The number of hydrogen-bond acceptors (Lipinski definition) is 5. The summed E-state index contributed by atoms with van der Waals surface area (Å²) >= 11 is 1.65. The van der Waals surface area contributed by atoms with Crippen molar-refractivity contribution < 1.29 is 4.42 Å². The topological polar surface area (TPSA) is 47.1 Å². The van der Waals surface area contributed by atoms with Crippen LogP contribution in [0.1, 0.15) is 18.4 Å². The van der Waals surface area contributed by atoms with E-state index in [-0.39, 0.29) is 0 Å². The fraction of sp³-hybridized carbons (Fsp3) is 0.375. The second-order valence-corrected chi connectivity index (χ2v) is 5.95. The van der Waals surface area contributed by atoms with E-state index in [1.165, 1.54) is 0 Å². The van der Waals surface area contributed by atoms with Crippen molar-refractivity contribution in [1.29, 1.82) is 0 Å². The Morgan fingerprint density at radius 2 is 2.32 bits per heavy atom. The lowest BCUT2D eigenvalue weighted by molar-refractivity contribution is 0.259. The second-order valence-electron chi connectivity index (χ2n) is 5.17. The van der Waals surface area contributed by atoms with E-state index in [2.05, 4.69) is 27.3 Å². The van der Waals surface area contributed by atoms with Crippen LogP contribution in [0.25, 0.3) is 11.5 Å². The first-order valence-corrected chi connectivity index (χ1v) is 8.39. The summed E-state index contributed by atoms with van der Waals surface area (Å²) in [4.78, 5) is 7.01. The minimum absolute atomic E-state index is 0.719. The molecule has 3 heterocycles. The Morgan fingerprint density at radius 1 is 1.41 bits per heavy atom. The highest BCUT2D eigenvalue weighted by molar-refractivity contribution is 7.08. The predicted molar refractivity (Wildman–Crippen MR) is 87.7 cm³/mol. The molecule has 0 spiro atoms. The average Bonchev–Trinajstić information content (AvgIpc) is 3.26. The third-order valence-corrected chi connectivity index (χ3v) is 4.37. The normalized spacial score (nSPS) is 11.4. The predicted octanol–water partition coefficient (Wildman–Crippen LogP) is 3.43. The summed E-state index contributed by atoms with van der Waals surface area (Å²) < 4.78 is 7.76. The van der Waals surface area contributed by atoms with Crippen molar-refractivity contribution >= 4 is 11.3 Å². The minimum atomic E-state index is 0.719. The molecule has 0 amide bonds. The highest BCUT2D eigenvalue weighted by Crippen LogP contribution is 2.24. The fourth-order valence-electron chi connectivity index (χ4n) is 2.32. The van der Waals surface area contributed by atoms with Crippen molar-refractivity contribution in [2.45, 2.75) is 26.9 Å². The van der Waals surface area contributed by atoms with E-state index < -0.39 is 0 Å². The van der Waals surface area contributed by atoms with Crippen LogP contribution >= 0.6 is 11.3 Å². The maximum Gasteiger partial charge on any atom is 0.227 e. The lowest BCUT2D eigenvalue weighted by atomic mass is 10.3. The Labute approximate surface area is 134 Å². The SMILES string of the molecule is CCN(CCn1cccn1)Cc1nc(-c2ccsc2)oc1C. The maximum atomic E-state index is 5.81. The Morgan fingerprint density at radius 3 is 3.00 bits per heavy atom. The zero-order chi connectivity index (χ0) is 15.4. The van der Waals surface area contributed by atoms with E-state index in [0.717, 1.165) is 49.1 Å². The largest absolute Gasteiger partial charge is 0.441 e. The van der Waals surface area contributed by atoms with Crippen molar-refractivity contribution in [3.8, 4) is 11.5 Å². The van der Waals surface area contributed by atoms with Gasteiger partial charge in [-0.25, -0.2) is 4.98 Å². The molecule has 0 aliphatic heterocycles. The van der Waals surface area contributed by atoms with Crippen molar-refractivity contribution in [2.75, 3.05) is 13.1 Å². The first-order valence-electron chi connectivity index (χ1n) is 7.45. The summed E-state index contributed by atoms with van der Waals surface area (Å²) in [5.74, 6) is 1.62. The van der Waals surface area contributed by atoms with Crippen LogP contribution in [-0.2, 0) is 13.1 Å². The zero-order valence-electron chi connectivity index (χ0n) is 12.9. The van der Waals surface area contributed by atoms with Crippen molar-refractivity contribution in [3.05, 3.63) is 46.7 Å². The standard InChI is InChI=1S/C16H20N4OS/c1-3-19(8-9-20-7-4-6-17-20)11-15-13(2)21-16(18-15)14-5-10-22-12-14/h4-7,10,12H,3,8-9,11H2,1-2H3. The van der Waals surface area contributed by atoms with Gasteiger partial charge in [-0.15, -0.1) is 0 Å². The smallest absolute Gasteiger partial charge is 0.227 e. The van der Waals surface area contributed by atoms with E-state index in [4.69, 9.17) is 4.42 Å². The van der Waals surface area contributed by atoms with Gasteiger partial charge in [-0.3, -0.25) is 9.58 Å². The number of likely N-dealkylation sites (N-methyl/N-ethyl adjacent to an activating group) is 1. The van der Waals surface area contributed by atoms with Gasteiger partial charge in [-0.05, 0) is 31.0 Å². The van der Waals surface area contributed by atoms with Crippen LogP contribution < -0.4 is 0 Å². The van der Waals surface area contributed by atoms with Gasteiger partial charge in [0.05, 0.1) is 12.2 Å². The highest BCUT2D eigenvalue weighted by atomic mass is 32.1. The highest BCUT2D eigenvalue weighted by Gasteiger charge is 2.14. The summed E-state index contributed by atoms with van der Waals surface area (Å²) in [7, 11) is 0. The van der Waals surface area contributed by atoms with Crippen LogP contribution in [0, 0.1) is 6.92 Å². The quantitative estimate of drug-likeness (QED) is 0.670. The summed E-state index contributed by atoms with van der Waals surface area (Å²) in [5.41, 5.74) is 2.07. The molecule has 0 bridgehead atoms. The molecule has 22 heavy (non-hydrogen) atoms. The van der Waals surface area contributed by atoms with E-state index in [0.29, 0.717) is 0 Å². The summed E-state index contributed by atoms with van der Waals surface area (Å²) in [6, 6.07) is 3.99. The molecule has 0 radical (unpaired) electrons. The molecule has 0 saturated heterocycles. The molecular weight excluding hydrogens is 296 g/mol. The van der Waals surface area contributed by atoms with E-state index >= 15 is 0 Å². The van der Waals surface area contributed by atoms with Gasteiger partial charge in [-0.1, -0.05) is 6.92 Å². The van der Waals surface area contributed by atoms with Crippen LogP contribution in [-0.4, -0.2) is 32.8 Å².